The van der Waals surface area contributed by atoms with Gasteiger partial charge in [0.25, 0.3) is 5.56 Å². The van der Waals surface area contributed by atoms with Crippen LogP contribution >= 0.6 is 0 Å². The Kier molecular flexibility index (Phi) is 17.5. The third-order valence-corrected chi connectivity index (χ3v) is 13.4. The minimum Gasteiger partial charge on any atom is -0.458 e. The summed E-state index contributed by atoms with van der Waals surface area (Å²) in [5.41, 5.74) is 15.7. The van der Waals surface area contributed by atoms with Crippen LogP contribution in [0, 0.1) is 18.7 Å². The molecule has 24 heteroatoms. The number of nitrogens with one attached hydrogen (secondary N) is 5. The van der Waals surface area contributed by atoms with Crippen LogP contribution in [0.1, 0.15) is 97.9 Å². The number of hydrogen-bond donors (Lipinski definition) is 7. The Morgan fingerprint density at radius 1 is 1.04 bits per heavy atom. The maximum absolute atomic E-state index is 15.4. The van der Waals surface area contributed by atoms with Gasteiger partial charge in [-0.25, -0.2) is 23.8 Å². The summed E-state index contributed by atoms with van der Waals surface area (Å²) < 4.78 is 38.5. The van der Waals surface area contributed by atoms with E-state index in [1.54, 1.807) is 58.0 Å². The van der Waals surface area contributed by atoms with Gasteiger partial charge in [0.05, 0.1) is 61.5 Å². The van der Waals surface area contributed by atoms with Gasteiger partial charge in [0.1, 0.15) is 31.1 Å². The molecule has 1 aliphatic carbocycles. The van der Waals surface area contributed by atoms with Crippen LogP contribution in [0.4, 0.5) is 19.7 Å². The number of aryl methyl sites for hydroxylation is 1. The van der Waals surface area contributed by atoms with Crippen LogP contribution < -0.4 is 37.9 Å². The number of rotatable bonds is 23. The highest BCUT2D eigenvalue weighted by atomic mass is 19.1. The molecular formula is C50H60FN11O12. The van der Waals surface area contributed by atoms with Crippen LogP contribution in [-0.2, 0) is 69.9 Å². The van der Waals surface area contributed by atoms with Crippen LogP contribution in [0.5, 0.6) is 0 Å². The molecule has 0 bridgehead atoms. The first-order valence-electron chi connectivity index (χ1n) is 24.4. The van der Waals surface area contributed by atoms with Crippen LogP contribution in [0.15, 0.2) is 46.3 Å². The molecular weight excluding hydrogens is 966 g/mol. The molecule has 4 aromatic rings. The zero-order valence-electron chi connectivity index (χ0n) is 41.5. The van der Waals surface area contributed by atoms with Gasteiger partial charge >= 0.3 is 18.1 Å². The lowest BCUT2D eigenvalue weighted by molar-refractivity contribution is -0.172. The van der Waals surface area contributed by atoms with Crippen molar-refractivity contribution < 1.29 is 57.2 Å². The number of nitrogens with zero attached hydrogens (tertiary/aromatic N) is 5. The third kappa shape index (κ3) is 12.1. The number of carbonyl (C=O) groups excluding carboxylic acids is 6. The number of azide groups is 1. The molecule has 2 aliphatic heterocycles. The number of cyclic esters (lactones) is 1. The summed E-state index contributed by atoms with van der Waals surface area (Å²) in [5.74, 6) is -3.31. The molecule has 0 radical (unpaired) electrons. The number of primary amides is 1. The van der Waals surface area contributed by atoms with Gasteiger partial charge in [0, 0.05) is 52.7 Å². The van der Waals surface area contributed by atoms with Crippen molar-refractivity contribution in [1.82, 2.24) is 30.8 Å². The first-order chi connectivity index (χ1) is 35.4. The molecule has 0 saturated carbocycles. The van der Waals surface area contributed by atoms with E-state index in [2.05, 4.69) is 36.6 Å². The smallest absolute Gasteiger partial charge is 0.407 e. The molecule has 2 aromatic carbocycles. The number of nitrogens with two attached hydrogens (primary N) is 1. The summed E-state index contributed by atoms with van der Waals surface area (Å²) in [6.07, 6.45) is 0.313. The average Bonchev–Trinajstić information content (AvgIpc) is 3.74. The van der Waals surface area contributed by atoms with E-state index in [4.69, 9.17) is 35.2 Å². The van der Waals surface area contributed by atoms with E-state index in [0.29, 0.717) is 63.1 Å². The Morgan fingerprint density at radius 2 is 1.78 bits per heavy atom. The topological polar surface area (TPSA) is 329 Å². The SMILES string of the molecule is CC[C@@]1(O)C(=O)OCc2c1cc1n(c2=O)Cc2c-1nc1cc(F)c(C)c3c1c2[C@@H](NC(=O)OCc1ccc(NC(=O)[C@H](CCCNC(N)=O)NC(=O)[C@@H](NC(=O)CCOCCOCCN=[N+]=[N-])C(C)C)cc1)CC3. The van der Waals surface area contributed by atoms with Crippen molar-refractivity contribution in [2.75, 3.05) is 44.8 Å². The van der Waals surface area contributed by atoms with E-state index in [0.717, 1.165) is 5.56 Å². The molecule has 0 spiro atoms. The number of ether oxygens (including phenoxy) is 4. The predicted octanol–water partition coefficient (Wildman–Crippen LogP) is 4.19. The Morgan fingerprint density at radius 3 is 2.49 bits per heavy atom. The molecule has 394 valence electrons. The van der Waals surface area contributed by atoms with E-state index < -0.39 is 70.9 Å². The number of urea groups is 1. The monoisotopic (exact) mass is 1030 g/mol. The van der Waals surface area contributed by atoms with Gasteiger partial charge in [-0.1, -0.05) is 38.0 Å². The van der Waals surface area contributed by atoms with Crippen LogP contribution in [0.3, 0.4) is 0 Å². The minimum atomic E-state index is -2.04. The maximum Gasteiger partial charge on any atom is 0.407 e. The Balaban J connectivity index is 0.989. The zero-order chi connectivity index (χ0) is 53.3. The number of anilines is 1. The molecule has 4 heterocycles. The highest BCUT2D eigenvalue weighted by Crippen LogP contribution is 2.46. The number of fused-ring (bicyclic) bond motifs is 5. The fourth-order valence-corrected chi connectivity index (χ4v) is 9.41. The molecule has 74 heavy (non-hydrogen) atoms. The first-order valence-corrected chi connectivity index (χ1v) is 24.4. The maximum atomic E-state index is 15.4. The molecule has 8 N–H and O–H groups in total. The molecule has 3 aliphatic rings. The van der Waals surface area contributed by atoms with E-state index >= 15 is 4.39 Å². The van der Waals surface area contributed by atoms with Crippen molar-refractivity contribution in [3.8, 4) is 11.4 Å². The normalized spacial score (nSPS) is 16.9. The average molecular weight is 1030 g/mol. The summed E-state index contributed by atoms with van der Waals surface area (Å²) in [5, 5.41) is 29.1. The molecule has 0 saturated heterocycles. The van der Waals surface area contributed by atoms with Gasteiger partial charge in [-0.15, -0.1) is 0 Å². The Bertz CT molecular complexity index is 2940. The van der Waals surface area contributed by atoms with Crippen molar-refractivity contribution in [2.45, 2.75) is 110 Å². The second-order valence-corrected chi connectivity index (χ2v) is 18.5. The first kappa shape index (κ1) is 54.1. The number of carbonyl (C=O) groups is 6. The lowest BCUT2D eigenvalue weighted by Crippen LogP contribution is -2.54. The largest absolute Gasteiger partial charge is 0.458 e. The zero-order valence-corrected chi connectivity index (χ0v) is 41.5. The number of aromatic nitrogens is 2. The molecule has 7 rings (SSSR count). The summed E-state index contributed by atoms with van der Waals surface area (Å²) >= 11 is 0. The third-order valence-electron chi connectivity index (χ3n) is 13.4. The Labute approximate surface area is 424 Å². The summed E-state index contributed by atoms with van der Waals surface area (Å²) in [6.45, 7) is 7.42. The molecule has 2 aromatic heterocycles. The van der Waals surface area contributed by atoms with Crippen molar-refractivity contribution in [3.63, 3.8) is 0 Å². The summed E-state index contributed by atoms with van der Waals surface area (Å²) in [4.78, 5) is 99.3. The number of benzene rings is 2. The van der Waals surface area contributed by atoms with E-state index in [1.807, 2.05) is 0 Å². The number of esters is 1. The van der Waals surface area contributed by atoms with Crippen molar-refractivity contribution in [3.05, 3.63) is 102 Å². The molecule has 0 unspecified atom stereocenters. The number of hydrogen-bond acceptors (Lipinski definition) is 14. The molecule has 0 fully saturated rings. The van der Waals surface area contributed by atoms with Gasteiger partial charge in [-0.3, -0.25) is 19.2 Å². The molecule has 4 atom stereocenters. The number of pyridine rings is 2. The van der Waals surface area contributed by atoms with Gasteiger partial charge in [-0.2, -0.15) is 0 Å². The molecule has 23 nitrogen and oxygen atoms in total. The second-order valence-electron chi connectivity index (χ2n) is 18.5. The van der Waals surface area contributed by atoms with E-state index in [1.165, 1.54) is 10.6 Å². The lowest BCUT2D eigenvalue weighted by atomic mass is 9.81. The van der Waals surface area contributed by atoms with Crippen LogP contribution in [-0.4, -0.2) is 102 Å². The van der Waals surface area contributed by atoms with Crippen molar-refractivity contribution >= 4 is 52.4 Å². The quantitative estimate of drug-likeness (QED) is 0.0159. The van der Waals surface area contributed by atoms with E-state index in [9.17, 15) is 38.7 Å². The predicted molar refractivity (Wildman–Crippen MR) is 264 cm³/mol. The fraction of sp³-hybridized carbons (Fsp3) is 0.480. The van der Waals surface area contributed by atoms with Gasteiger partial charge < -0.3 is 60.9 Å². The van der Waals surface area contributed by atoms with E-state index in [-0.39, 0.29) is 102 Å². The van der Waals surface area contributed by atoms with Gasteiger partial charge in [0.15, 0.2) is 5.60 Å². The number of alkyl carbamates (subject to hydrolysis) is 1. The highest BCUT2D eigenvalue weighted by Gasteiger charge is 2.46. The highest BCUT2D eigenvalue weighted by molar-refractivity contribution is 5.98. The van der Waals surface area contributed by atoms with Crippen LogP contribution in [0.25, 0.3) is 32.7 Å². The number of amides is 6. The Hall–Kier alpha value is -7.66. The minimum absolute atomic E-state index is 0.0406. The van der Waals surface area contributed by atoms with Crippen molar-refractivity contribution in [2.24, 2.45) is 16.8 Å². The number of aliphatic hydroxyl groups is 1. The van der Waals surface area contributed by atoms with Gasteiger partial charge in [-0.05, 0) is 90.9 Å². The van der Waals surface area contributed by atoms with Gasteiger partial charge in [0.2, 0.25) is 17.7 Å². The number of halogens is 1. The van der Waals surface area contributed by atoms with Crippen molar-refractivity contribution in [1.29, 1.82) is 0 Å². The van der Waals surface area contributed by atoms with Crippen LogP contribution in [0.2, 0.25) is 0 Å². The lowest BCUT2D eigenvalue weighted by Gasteiger charge is -2.31. The summed E-state index contributed by atoms with van der Waals surface area (Å²) in [6, 6.07) is 5.89. The molecule has 6 amide bonds. The second kappa shape index (κ2) is 23.9. The standard InChI is InChI=1S/C50H60FN11O12/c1-5-50(70)33-21-38-43-31(23-62(38)46(66)32(33)25-73-47(50)67)41-35(13-12-30-27(4)34(51)22-37(57-43)40(30)41)59-49(69)74-24-28-8-10-29(11-9-28)56-44(64)36(7-6-15-54-48(52)68)58-45(65)42(26(2)3)60-39(63)14-17-71-19-20-72-18-16-55-61-53/h8-11,21-22,26,35-36,42,70H,5-7,12-20,23-25H2,1-4H3,(H,56,64)(H,58,65)(H,59,69)(H,60,63)(H3,52,54,68)/t35-,36-,42-,50-/m0/s1. The fourth-order valence-electron chi connectivity index (χ4n) is 9.41. The summed E-state index contributed by atoms with van der Waals surface area (Å²) in [7, 11) is 0.